The predicted octanol–water partition coefficient (Wildman–Crippen LogP) is 15.0. The van der Waals surface area contributed by atoms with Gasteiger partial charge in [-0.25, -0.2) is 0 Å². The van der Waals surface area contributed by atoms with Crippen LogP contribution in [-0.2, 0) is 6.61 Å². The molecule has 10 rings (SSSR count). The zero-order valence-electron chi connectivity index (χ0n) is 31.3. The van der Waals surface area contributed by atoms with Crippen LogP contribution in [0.15, 0.2) is 211 Å². The van der Waals surface area contributed by atoms with Gasteiger partial charge < -0.3 is 9.64 Å². The van der Waals surface area contributed by atoms with E-state index in [4.69, 9.17) is 4.74 Å². The number of ether oxygens (including phenoxy) is 1. The molecule has 0 saturated heterocycles. The number of anilines is 3. The lowest BCUT2D eigenvalue weighted by Crippen LogP contribution is -2.11. The molecule has 10 aromatic rings. The lowest BCUT2D eigenvalue weighted by molar-refractivity contribution is 0.308. The van der Waals surface area contributed by atoms with Gasteiger partial charge >= 0.3 is 0 Å². The third-order valence-electron chi connectivity index (χ3n) is 11.0. The first-order valence-electron chi connectivity index (χ1n) is 19.3. The van der Waals surface area contributed by atoms with Crippen LogP contribution >= 0.6 is 0 Å². The maximum atomic E-state index is 6.35. The molecule has 0 unspecified atom stereocenters. The summed E-state index contributed by atoms with van der Waals surface area (Å²) >= 11 is 0. The van der Waals surface area contributed by atoms with Crippen molar-refractivity contribution in [2.75, 3.05) is 4.90 Å². The molecule has 3 heteroatoms. The SMILES string of the molecule is C=Nc1c(OCc2ccc3cc(N(c4ccc(-c5cc6ccccc6c6ccccc56)cc4)c4ccccc4-c4ccccc4)ccc3c2)ccc2ccccc12. The fraction of sp³-hybridized carbons (Fsp3) is 0.0185. The Bertz CT molecular complexity index is 3100. The molecule has 0 aromatic heterocycles. The molecule has 0 fully saturated rings. The topological polar surface area (TPSA) is 24.8 Å². The monoisotopic (exact) mass is 730 g/mol. The van der Waals surface area contributed by atoms with Crippen molar-refractivity contribution in [3.05, 3.63) is 212 Å². The molecule has 0 amide bonds. The lowest BCUT2D eigenvalue weighted by atomic mass is 9.93. The molecule has 0 bridgehead atoms. The van der Waals surface area contributed by atoms with E-state index in [2.05, 4.69) is 205 Å². The molecule has 0 saturated carbocycles. The van der Waals surface area contributed by atoms with Crippen LogP contribution in [0, 0.1) is 0 Å². The average Bonchev–Trinajstić information content (AvgIpc) is 3.28. The number of hydrogen-bond donors (Lipinski definition) is 0. The first kappa shape index (κ1) is 34.0. The lowest BCUT2D eigenvalue weighted by Gasteiger charge is -2.28. The van der Waals surface area contributed by atoms with E-state index in [1.165, 1.54) is 38.2 Å². The minimum Gasteiger partial charge on any atom is -0.487 e. The maximum Gasteiger partial charge on any atom is 0.146 e. The van der Waals surface area contributed by atoms with E-state index in [9.17, 15) is 0 Å². The highest BCUT2D eigenvalue weighted by Gasteiger charge is 2.18. The van der Waals surface area contributed by atoms with E-state index in [0.717, 1.165) is 61.2 Å². The second-order valence-electron chi connectivity index (χ2n) is 14.4. The molecule has 270 valence electrons. The van der Waals surface area contributed by atoms with Gasteiger partial charge in [-0.1, -0.05) is 158 Å². The van der Waals surface area contributed by atoms with Crippen LogP contribution in [0.4, 0.5) is 22.7 Å². The normalized spacial score (nSPS) is 11.3. The van der Waals surface area contributed by atoms with Crippen molar-refractivity contribution in [2.24, 2.45) is 4.99 Å². The minimum atomic E-state index is 0.425. The van der Waals surface area contributed by atoms with Gasteiger partial charge in [-0.05, 0) is 115 Å². The van der Waals surface area contributed by atoms with Gasteiger partial charge in [0.1, 0.15) is 18.0 Å². The predicted molar refractivity (Wildman–Crippen MR) is 242 cm³/mol. The zero-order chi connectivity index (χ0) is 38.1. The van der Waals surface area contributed by atoms with E-state index >= 15 is 0 Å². The summed E-state index contributed by atoms with van der Waals surface area (Å²) in [6.07, 6.45) is 0. The van der Waals surface area contributed by atoms with Gasteiger partial charge in [0.25, 0.3) is 0 Å². The van der Waals surface area contributed by atoms with E-state index in [0.29, 0.717) is 6.61 Å². The summed E-state index contributed by atoms with van der Waals surface area (Å²) in [4.78, 5) is 6.71. The number of para-hydroxylation sites is 1. The minimum absolute atomic E-state index is 0.425. The average molecular weight is 731 g/mol. The van der Waals surface area contributed by atoms with Gasteiger partial charge in [0.15, 0.2) is 0 Å². The fourth-order valence-corrected chi connectivity index (χ4v) is 8.23. The first-order chi connectivity index (χ1) is 28.2. The molecular weight excluding hydrogens is 693 g/mol. The van der Waals surface area contributed by atoms with E-state index in [-0.39, 0.29) is 0 Å². The number of fused-ring (bicyclic) bond motifs is 5. The van der Waals surface area contributed by atoms with E-state index in [1.54, 1.807) is 0 Å². The van der Waals surface area contributed by atoms with Crippen LogP contribution in [0.25, 0.3) is 65.3 Å². The third kappa shape index (κ3) is 6.35. The van der Waals surface area contributed by atoms with Gasteiger partial charge in [-0.2, -0.15) is 0 Å². The Balaban J connectivity index is 1.03. The molecule has 0 radical (unpaired) electrons. The van der Waals surface area contributed by atoms with E-state index in [1.807, 2.05) is 18.2 Å². The van der Waals surface area contributed by atoms with Crippen molar-refractivity contribution in [1.82, 2.24) is 0 Å². The Labute approximate surface area is 332 Å². The Hall–Kier alpha value is -7.49. The molecule has 0 aliphatic rings. The molecular formula is C54H38N2O. The number of benzene rings is 10. The molecule has 0 aliphatic heterocycles. The number of rotatable bonds is 9. The van der Waals surface area contributed by atoms with Crippen LogP contribution in [0.5, 0.6) is 5.75 Å². The van der Waals surface area contributed by atoms with Crippen molar-refractivity contribution in [1.29, 1.82) is 0 Å². The van der Waals surface area contributed by atoms with Gasteiger partial charge in [0.2, 0.25) is 0 Å². The second-order valence-corrected chi connectivity index (χ2v) is 14.4. The molecule has 0 spiro atoms. The van der Waals surface area contributed by atoms with Crippen LogP contribution in [-0.4, -0.2) is 6.72 Å². The first-order valence-corrected chi connectivity index (χ1v) is 19.3. The van der Waals surface area contributed by atoms with Crippen molar-refractivity contribution in [3.63, 3.8) is 0 Å². The summed E-state index contributed by atoms with van der Waals surface area (Å²) < 4.78 is 6.35. The van der Waals surface area contributed by atoms with Gasteiger partial charge in [-0.3, -0.25) is 4.99 Å². The standard InChI is InChI=1S/C54H38N2O/c1-55-54-48-19-8-5-15-39(48)28-32-53(54)57-36-37-23-24-42-34-45(31-27-41(42)33-37)56(52-22-12-11-18-47(52)38-13-3-2-4-14-38)44-29-25-40(26-30-44)51-35-43-16-6-7-17-46(43)49-20-9-10-21-50(49)51/h2-35H,1,36H2. The molecule has 0 N–H and O–H groups in total. The fourth-order valence-electron chi connectivity index (χ4n) is 8.23. The van der Waals surface area contributed by atoms with Gasteiger partial charge in [0, 0.05) is 22.3 Å². The Morgan fingerprint density at radius 1 is 0.421 bits per heavy atom. The van der Waals surface area contributed by atoms with Gasteiger partial charge in [-0.15, -0.1) is 0 Å². The third-order valence-corrected chi connectivity index (χ3v) is 11.0. The van der Waals surface area contributed by atoms with Crippen molar-refractivity contribution < 1.29 is 4.74 Å². The highest BCUT2D eigenvalue weighted by molar-refractivity contribution is 6.13. The number of nitrogens with zero attached hydrogens (tertiary/aromatic N) is 2. The van der Waals surface area contributed by atoms with Crippen LogP contribution in [0.1, 0.15) is 5.56 Å². The summed E-state index contributed by atoms with van der Waals surface area (Å²) in [6.45, 7) is 4.26. The molecule has 10 aromatic carbocycles. The van der Waals surface area contributed by atoms with Crippen LogP contribution in [0.2, 0.25) is 0 Å². The maximum absolute atomic E-state index is 6.35. The summed E-state index contributed by atoms with van der Waals surface area (Å²) in [5.74, 6) is 0.728. The highest BCUT2D eigenvalue weighted by Crippen LogP contribution is 2.43. The molecule has 3 nitrogen and oxygen atoms in total. The van der Waals surface area contributed by atoms with Gasteiger partial charge in [0.05, 0.1) is 5.69 Å². The van der Waals surface area contributed by atoms with E-state index < -0.39 is 0 Å². The summed E-state index contributed by atoms with van der Waals surface area (Å²) in [5.41, 5.74) is 9.88. The quantitative estimate of drug-likeness (QED) is 0.109. The Morgan fingerprint density at radius 3 is 1.86 bits per heavy atom. The van der Waals surface area contributed by atoms with Crippen LogP contribution in [0.3, 0.4) is 0 Å². The van der Waals surface area contributed by atoms with Crippen molar-refractivity contribution >= 4 is 72.6 Å². The smallest absolute Gasteiger partial charge is 0.146 e. The van der Waals surface area contributed by atoms with Crippen molar-refractivity contribution in [3.8, 4) is 28.0 Å². The molecule has 57 heavy (non-hydrogen) atoms. The largest absolute Gasteiger partial charge is 0.487 e. The second kappa shape index (κ2) is 14.6. The van der Waals surface area contributed by atoms with Crippen LogP contribution < -0.4 is 9.64 Å². The molecule has 0 heterocycles. The highest BCUT2D eigenvalue weighted by atomic mass is 16.5. The summed E-state index contributed by atoms with van der Waals surface area (Å²) in [6, 6.07) is 73.6. The summed E-state index contributed by atoms with van der Waals surface area (Å²) in [5, 5.41) is 9.49. The molecule has 0 atom stereocenters. The number of aliphatic imine (C=N–C) groups is 1. The molecule has 0 aliphatic carbocycles. The zero-order valence-corrected chi connectivity index (χ0v) is 31.3. The van der Waals surface area contributed by atoms with Crippen molar-refractivity contribution in [2.45, 2.75) is 6.61 Å². The Kier molecular flexibility index (Phi) is 8.74. The summed E-state index contributed by atoms with van der Waals surface area (Å²) in [7, 11) is 0. The number of hydrogen-bond acceptors (Lipinski definition) is 3. The Morgan fingerprint density at radius 2 is 1.04 bits per heavy atom.